The number of rotatable bonds is 5. The van der Waals surface area contributed by atoms with Crippen LogP contribution in [0.3, 0.4) is 0 Å². The number of nitrogens with zero attached hydrogens (tertiary/aromatic N) is 2. The van der Waals surface area contributed by atoms with Crippen molar-refractivity contribution in [2.24, 2.45) is 0 Å². The fourth-order valence-corrected chi connectivity index (χ4v) is 3.11. The number of ether oxygens (including phenoxy) is 1. The van der Waals surface area contributed by atoms with Crippen LogP contribution in [-0.4, -0.2) is 11.8 Å². The van der Waals surface area contributed by atoms with E-state index in [1.165, 1.54) is 11.1 Å². The predicted molar refractivity (Wildman–Crippen MR) is 112 cm³/mol. The van der Waals surface area contributed by atoms with Crippen molar-refractivity contribution in [1.29, 1.82) is 5.26 Å². The summed E-state index contributed by atoms with van der Waals surface area (Å²) in [6.07, 6.45) is 1.52. The normalized spacial score (nSPS) is 14.5. The molecule has 1 heterocycles. The Balaban J connectivity index is 1.59. The molecule has 1 saturated heterocycles. The van der Waals surface area contributed by atoms with Gasteiger partial charge in [-0.25, -0.2) is 5.01 Å². The zero-order chi connectivity index (χ0) is 20.9. The molecule has 0 atom stereocenters. The van der Waals surface area contributed by atoms with Crippen LogP contribution in [0.2, 0.25) is 0 Å². The largest absolute Gasteiger partial charge is 0.488 e. The second-order valence-electron chi connectivity index (χ2n) is 6.57. The number of hydrazine groups is 1. The van der Waals surface area contributed by atoms with E-state index in [1.54, 1.807) is 60.7 Å². The molecule has 6 heteroatoms. The highest BCUT2D eigenvalue weighted by Gasteiger charge is 2.34. The highest BCUT2D eigenvalue weighted by atomic mass is 16.5. The number of para-hydroxylation sites is 2. The zero-order valence-corrected chi connectivity index (χ0v) is 15.9. The van der Waals surface area contributed by atoms with Crippen molar-refractivity contribution in [1.82, 2.24) is 5.43 Å². The quantitative estimate of drug-likeness (QED) is 0.529. The molecule has 0 aromatic heterocycles. The number of hydrogen-bond donors (Lipinski definition) is 1. The molecule has 0 unspecified atom stereocenters. The molecule has 6 nitrogen and oxygen atoms in total. The van der Waals surface area contributed by atoms with Gasteiger partial charge in [0.05, 0.1) is 17.3 Å². The van der Waals surface area contributed by atoms with Gasteiger partial charge in [-0.2, -0.15) is 5.26 Å². The summed E-state index contributed by atoms with van der Waals surface area (Å²) in [4.78, 5) is 25.2. The molecule has 2 amide bonds. The summed E-state index contributed by atoms with van der Waals surface area (Å²) in [6, 6.07) is 25.4. The van der Waals surface area contributed by atoms with E-state index >= 15 is 0 Å². The molecule has 146 valence electrons. The molecular weight excluding hydrogens is 378 g/mol. The summed E-state index contributed by atoms with van der Waals surface area (Å²) in [5.41, 5.74) is 5.08. The van der Waals surface area contributed by atoms with Gasteiger partial charge in [-0.1, -0.05) is 54.6 Å². The van der Waals surface area contributed by atoms with Crippen LogP contribution in [0.1, 0.15) is 16.7 Å². The third-order valence-corrected chi connectivity index (χ3v) is 4.65. The van der Waals surface area contributed by atoms with E-state index in [2.05, 4.69) is 11.5 Å². The van der Waals surface area contributed by atoms with E-state index in [1.807, 2.05) is 18.2 Å². The maximum Gasteiger partial charge on any atom is 0.282 e. The zero-order valence-electron chi connectivity index (χ0n) is 15.9. The van der Waals surface area contributed by atoms with Crippen LogP contribution in [0.5, 0.6) is 5.75 Å². The molecule has 0 saturated carbocycles. The minimum Gasteiger partial charge on any atom is -0.488 e. The van der Waals surface area contributed by atoms with E-state index < -0.39 is 11.8 Å². The van der Waals surface area contributed by atoms with Crippen molar-refractivity contribution in [2.75, 3.05) is 5.01 Å². The lowest BCUT2D eigenvalue weighted by molar-refractivity contribution is -0.117. The molecule has 1 aliphatic heterocycles. The van der Waals surface area contributed by atoms with Gasteiger partial charge in [0, 0.05) is 11.1 Å². The van der Waals surface area contributed by atoms with Gasteiger partial charge in [-0.3, -0.25) is 15.0 Å². The first kappa shape index (κ1) is 19.0. The number of carbonyl (C=O) groups is 2. The molecule has 1 N–H and O–H groups in total. The van der Waals surface area contributed by atoms with Crippen LogP contribution in [0.25, 0.3) is 6.08 Å². The van der Waals surface area contributed by atoms with Crippen LogP contribution in [0, 0.1) is 11.3 Å². The Bertz CT molecular complexity index is 1180. The highest BCUT2D eigenvalue weighted by molar-refractivity contribution is 6.31. The van der Waals surface area contributed by atoms with Crippen molar-refractivity contribution < 1.29 is 14.3 Å². The Morgan fingerprint density at radius 2 is 1.63 bits per heavy atom. The van der Waals surface area contributed by atoms with Crippen LogP contribution < -0.4 is 15.2 Å². The Morgan fingerprint density at radius 3 is 2.43 bits per heavy atom. The number of nitrogens with one attached hydrogen (secondary N) is 1. The number of benzene rings is 3. The summed E-state index contributed by atoms with van der Waals surface area (Å²) in [6.45, 7) is 0.195. The SMILES string of the molecule is N#Cc1ccccc1COc1ccccc1C=C1C(=O)NN(c2ccccc2)C1=O. The molecule has 1 aliphatic rings. The van der Waals surface area contributed by atoms with Gasteiger partial charge in [0.2, 0.25) is 0 Å². The molecule has 30 heavy (non-hydrogen) atoms. The summed E-state index contributed by atoms with van der Waals surface area (Å²) >= 11 is 0. The number of amides is 2. The third-order valence-electron chi connectivity index (χ3n) is 4.65. The van der Waals surface area contributed by atoms with Crippen LogP contribution in [-0.2, 0) is 16.2 Å². The Morgan fingerprint density at radius 1 is 0.933 bits per heavy atom. The molecule has 0 spiro atoms. The Kier molecular flexibility index (Phi) is 5.27. The number of hydrogen-bond acceptors (Lipinski definition) is 4. The van der Waals surface area contributed by atoms with Crippen molar-refractivity contribution in [2.45, 2.75) is 6.61 Å². The van der Waals surface area contributed by atoms with Gasteiger partial charge in [0.15, 0.2) is 0 Å². The van der Waals surface area contributed by atoms with Crippen molar-refractivity contribution in [3.8, 4) is 11.8 Å². The third kappa shape index (κ3) is 3.77. The lowest BCUT2D eigenvalue weighted by Crippen LogP contribution is -2.35. The molecular formula is C24H17N3O3. The highest BCUT2D eigenvalue weighted by Crippen LogP contribution is 2.26. The first-order chi connectivity index (χ1) is 14.7. The average molecular weight is 395 g/mol. The minimum absolute atomic E-state index is 0.0207. The molecule has 3 aromatic rings. The minimum atomic E-state index is -0.478. The van der Waals surface area contributed by atoms with Gasteiger partial charge in [0.25, 0.3) is 11.8 Å². The monoisotopic (exact) mass is 395 g/mol. The Labute approximate surface area is 173 Å². The number of carbonyl (C=O) groups excluding carboxylic acids is 2. The molecule has 0 bridgehead atoms. The summed E-state index contributed by atoms with van der Waals surface area (Å²) in [5, 5.41) is 10.5. The lowest BCUT2D eigenvalue weighted by Gasteiger charge is -2.14. The van der Waals surface area contributed by atoms with Crippen LogP contribution >= 0.6 is 0 Å². The van der Waals surface area contributed by atoms with Crippen LogP contribution in [0.4, 0.5) is 5.69 Å². The smallest absolute Gasteiger partial charge is 0.282 e. The molecule has 0 radical (unpaired) electrons. The van der Waals surface area contributed by atoms with Gasteiger partial charge in [0.1, 0.15) is 17.9 Å². The van der Waals surface area contributed by atoms with Crippen molar-refractivity contribution in [3.63, 3.8) is 0 Å². The standard InChI is InChI=1S/C24H17N3O3/c25-15-18-9-4-5-10-19(18)16-30-22-13-7-6-8-17(22)14-21-23(28)26-27(24(21)29)20-11-2-1-3-12-20/h1-14H,16H2,(H,26,28). The van der Waals surface area contributed by atoms with Gasteiger partial charge in [-0.05, 0) is 30.3 Å². The van der Waals surface area contributed by atoms with E-state index in [0.717, 1.165) is 5.56 Å². The summed E-state index contributed by atoms with van der Waals surface area (Å²) in [7, 11) is 0. The Hall–Kier alpha value is -4.37. The maximum atomic E-state index is 12.8. The number of anilines is 1. The molecule has 0 aliphatic carbocycles. The lowest BCUT2D eigenvalue weighted by atomic mass is 10.1. The van der Waals surface area contributed by atoms with Gasteiger partial charge >= 0.3 is 0 Å². The summed E-state index contributed by atoms with van der Waals surface area (Å²) < 4.78 is 5.91. The van der Waals surface area contributed by atoms with E-state index in [4.69, 9.17) is 4.74 Å². The molecule has 4 rings (SSSR count). The predicted octanol–water partition coefficient (Wildman–Crippen LogP) is 3.60. The van der Waals surface area contributed by atoms with Crippen molar-refractivity contribution in [3.05, 3.63) is 101 Å². The van der Waals surface area contributed by atoms with Gasteiger partial charge in [-0.15, -0.1) is 0 Å². The van der Waals surface area contributed by atoms with Gasteiger partial charge < -0.3 is 4.74 Å². The van der Waals surface area contributed by atoms with E-state index in [-0.39, 0.29) is 12.2 Å². The topological polar surface area (TPSA) is 82.4 Å². The second-order valence-corrected chi connectivity index (χ2v) is 6.57. The fourth-order valence-electron chi connectivity index (χ4n) is 3.11. The van der Waals surface area contributed by atoms with Crippen molar-refractivity contribution >= 4 is 23.6 Å². The maximum absolute atomic E-state index is 12.8. The second kappa shape index (κ2) is 8.33. The first-order valence-electron chi connectivity index (χ1n) is 9.29. The fraction of sp³-hybridized carbons (Fsp3) is 0.0417. The van der Waals surface area contributed by atoms with E-state index in [9.17, 15) is 14.9 Å². The molecule has 1 fully saturated rings. The van der Waals surface area contributed by atoms with Crippen LogP contribution in [0.15, 0.2) is 84.4 Å². The molecule has 3 aromatic carbocycles. The summed E-state index contributed by atoms with van der Waals surface area (Å²) in [5.74, 6) is -0.402. The average Bonchev–Trinajstić information content (AvgIpc) is 3.07. The number of nitriles is 1. The first-order valence-corrected chi connectivity index (χ1v) is 9.29. The van der Waals surface area contributed by atoms with E-state index in [0.29, 0.717) is 22.6 Å².